The van der Waals surface area contributed by atoms with Crippen LogP contribution in [0, 0.1) is 30.1 Å². The van der Waals surface area contributed by atoms with Crippen molar-refractivity contribution in [3.05, 3.63) is 70.2 Å². The van der Waals surface area contributed by atoms with E-state index in [-0.39, 0.29) is 5.91 Å². The summed E-state index contributed by atoms with van der Waals surface area (Å²) in [5.74, 6) is 1.43. The van der Waals surface area contributed by atoms with Crippen LogP contribution in [-0.2, 0) is 10.4 Å². The first-order valence-electron chi connectivity index (χ1n) is 12.9. The van der Waals surface area contributed by atoms with E-state index in [9.17, 15) is 9.90 Å². The highest BCUT2D eigenvalue weighted by Crippen LogP contribution is 2.27. The Labute approximate surface area is 216 Å². The van der Waals surface area contributed by atoms with Crippen LogP contribution in [0.2, 0.25) is 5.02 Å². The van der Waals surface area contributed by atoms with Gasteiger partial charge in [-0.3, -0.25) is 4.79 Å². The summed E-state index contributed by atoms with van der Waals surface area (Å²) in [6, 6.07) is 16.5. The Morgan fingerprint density at radius 3 is 2.29 bits per heavy atom. The third kappa shape index (κ3) is 8.98. The zero-order valence-electron chi connectivity index (χ0n) is 21.8. The first-order valence-corrected chi connectivity index (χ1v) is 13.3. The normalized spacial score (nSPS) is 19.3. The highest BCUT2D eigenvalue weighted by Gasteiger charge is 2.38. The number of likely N-dealkylation sites (tertiary alicyclic amines) is 1. The van der Waals surface area contributed by atoms with Crippen molar-refractivity contribution in [1.82, 2.24) is 4.90 Å². The smallest absolute Gasteiger partial charge is 0.258 e. The molecule has 2 atom stereocenters. The molecule has 0 spiro atoms. The molecule has 2 fully saturated rings. The number of amides is 1. The second-order valence-corrected chi connectivity index (χ2v) is 10.5. The van der Waals surface area contributed by atoms with Gasteiger partial charge in [0.15, 0.2) is 5.60 Å². The minimum atomic E-state index is -1.41. The summed E-state index contributed by atoms with van der Waals surface area (Å²) in [6.45, 7) is 9.46. The van der Waals surface area contributed by atoms with Crippen LogP contribution in [0.25, 0.3) is 0 Å². The minimum absolute atomic E-state index is 0.187. The maximum Gasteiger partial charge on any atom is 0.258 e. The van der Waals surface area contributed by atoms with E-state index in [1.54, 1.807) is 36.1 Å². The maximum absolute atomic E-state index is 12.3. The number of aryl methyl sites for hydroxylation is 1. The molecule has 0 radical (unpaired) electrons. The molecule has 2 aromatic carbocycles. The Kier molecular flexibility index (Phi) is 11.8. The lowest BCUT2D eigenvalue weighted by Crippen LogP contribution is -2.44. The molecular weight excluding hydrogens is 456 g/mol. The van der Waals surface area contributed by atoms with Crippen LogP contribution in [0.15, 0.2) is 48.5 Å². The summed E-state index contributed by atoms with van der Waals surface area (Å²) in [4.78, 5) is 14.1. The Balaban J connectivity index is 0.000000204. The van der Waals surface area contributed by atoms with Gasteiger partial charge in [0, 0.05) is 13.1 Å². The van der Waals surface area contributed by atoms with Crippen molar-refractivity contribution in [1.29, 1.82) is 5.26 Å². The van der Waals surface area contributed by atoms with Gasteiger partial charge in [0.2, 0.25) is 0 Å². The van der Waals surface area contributed by atoms with Gasteiger partial charge < -0.3 is 10.0 Å². The number of benzene rings is 2. The van der Waals surface area contributed by atoms with E-state index in [2.05, 4.69) is 13.8 Å². The molecule has 190 valence electrons. The number of carbonyl (C=O) groups excluding carboxylic acids is 1. The first kappa shape index (κ1) is 28.9. The number of nitriles is 1. The molecule has 4 nitrogen and oxygen atoms in total. The molecule has 5 heteroatoms. The lowest BCUT2D eigenvalue weighted by molar-refractivity contribution is -0.149. The molecule has 0 bridgehead atoms. The molecule has 1 heterocycles. The summed E-state index contributed by atoms with van der Waals surface area (Å²) in [6.07, 6.45) is 9.96. The van der Waals surface area contributed by atoms with Crippen molar-refractivity contribution in [2.45, 2.75) is 78.2 Å². The summed E-state index contributed by atoms with van der Waals surface area (Å²) < 4.78 is 0. The lowest BCUT2D eigenvalue weighted by atomic mass is 9.88. The summed E-state index contributed by atoms with van der Waals surface area (Å²) >= 11 is 5.71. The molecule has 1 saturated heterocycles. The second kappa shape index (κ2) is 14.3. The fourth-order valence-electron chi connectivity index (χ4n) is 4.62. The number of nitrogens with zero attached hydrogens (tertiary/aromatic N) is 2. The van der Waals surface area contributed by atoms with Crippen LogP contribution in [0.1, 0.15) is 82.4 Å². The van der Waals surface area contributed by atoms with E-state index in [1.807, 2.05) is 37.3 Å². The largest absolute Gasteiger partial charge is 0.376 e. The number of hydrogen-bond donors (Lipinski definition) is 1. The average Bonchev–Trinajstić information content (AvgIpc) is 3.31. The van der Waals surface area contributed by atoms with E-state index in [0.29, 0.717) is 22.1 Å². The first-order chi connectivity index (χ1) is 16.7. The molecule has 0 aromatic heterocycles. The number of halogens is 1. The lowest BCUT2D eigenvalue weighted by Gasteiger charge is -2.28. The SMILES string of the molecule is CC1CCN(C(=O)C(C)(O)c2ccccc2)C1.CCC1CCCCC1.Cc1ccc(C#N)c(Cl)c1. The maximum atomic E-state index is 12.3. The minimum Gasteiger partial charge on any atom is -0.376 e. The fourth-order valence-corrected chi connectivity index (χ4v) is 4.90. The number of hydrogen-bond acceptors (Lipinski definition) is 3. The van der Waals surface area contributed by atoms with Gasteiger partial charge in [-0.15, -0.1) is 0 Å². The van der Waals surface area contributed by atoms with Gasteiger partial charge in [0.25, 0.3) is 5.91 Å². The third-order valence-corrected chi connectivity index (χ3v) is 7.32. The van der Waals surface area contributed by atoms with E-state index < -0.39 is 5.60 Å². The van der Waals surface area contributed by atoms with Crippen molar-refractivity contribution in [2.24, 2.45) is 11.8 Å². The van der Waals surface area contributed by atoms with Crippen LogP contribution >= 0.6 is 11.6 Å². The number of rotatable bonds is 3. The molecule has 35 heavy (non-hydrogen) atoms. The van der Waals surface area contributed by atoms with Crippen LogP contribution < -0.4 is 0 Å². The van der Waals surface area contributed by atoms with E-state index in [4.69, 9.17) is 16.9 Å². The van der Waals surface area contributed by atoms with Crippen LogP contribution in [0.4, 0.5) is 0 Å². The van der Waals surface area contributed by atoms with Crippen molar-refractivity contribution in [3.8, 4) is 6.07 Å². The van der Waals surface area contributed by atoms with E-state index in [1.165, 1.54) is 38.5 Å². The molecular formula is C30H41ClN2O2. The fraction of sp³-hybridized carbons (Fsp3) is 0.533. The van der Waals surface area contributed by atoms with E-state index in [0.717, 1.165) is 31.0 Å². The third-order valence-electron chi connectivity index (χ3n) is 7.01. The van der Waals surface area contributed by atoms with Gasteiger partial charge in [0.1, 0.15) is 6.07 Å². The van der Waals surface area contributed by atoms with Gasteiger partial charge >= 0.3 is 0 Å². The van der Waals surface area contributed by atoms with Gasteiger partial charge in [-0.2, -0.15) is 5.26 Å². The highest BCUT2D eigenvalue weighted by molar-refractivity contribution is 6.31. The average molecular weight is 497 g/mol. The molecule has 4 rings (SSSR count). The van der Waals surface area contributed by atoms with Crippen LogP contribution in [0.3, 0.4) is 0 Å². The van der Waals surface area contributed by atoms with Crippen LogP contribution in [0.5, 0.6) is 0 Å². The number of aliphatic hydroxyl groups is 1. The predicted octanol–water partition coefficient (Wildman–Crippen LogP) is 7.26. The summed E-state index contributed by atoms with van der Waals surface area (Å²) in [5.41, 5.74) is 0.853. The zero-order chi connectivity index (χ0) is 25.8. The Morgan fingerprint density at radius 1 is 1.14 bits per heavy atom. The monoisotopic (exact) mass is 496 g/mol. The Morgan fingerprint density at radius 2 is 1.80 bits per heavy atom. The molecule has 1 N–H and O–H groups in total. The van der Waals surface area contributed by atoms with Crippen molar-refractivity contribution < 1.29 is 9.90 Å². The topological polar surface area (TPSA) is 64.3 Å². The molecule has 2 aromatic rings. The molecule has 1 amide bonds. The second-order valence-electron chi connectivity index (χ2n) is 10.1. The summed E-state index contributed by atoms with van der Waals surface area (Å²) in [5, 5.41) is 19.4. The van der Waals surface area contributed by atoms with Crippen molar-refractivity contribution >= 4 is 17.5 Å². The van der Waals surface area contributed by atoms with Gasteiger partial charge in [-0.25, -0.2) is 0 Å². The predicted molar refractivity (Wildman–Crippen MR) is 144 cm³/mol. The van der Waals surface area contributed by atoms with Gasteiger partial charge in [-0.05, 0) is 55.4 Å². The van der Waals surface area contributed by atoms with Crippen molar-refractivity contribution in [3.63, 3.8) is 0 Å². The van der Waals surface area contributed by atoms with Crippen LogP contribution in [-0.4, -0.2) is 29.0 Å². The molecule has 2 unspecified atom stereocenters. The Hall–Kier alpha value is -2.35. The molecule has 1 aliphatic heterocycles. The quantitative estimate of drug-likeness (QED) is 0.486. The van der Waals surface area contributed by atoms with Gasteiger partial charge in [-0.1, -0.05) is 100 Å². The van der Waals surface area contributed by atoms with Gasteiger partial charge in [0.05, 0.1) is 10.6 Å². The Bertz CT molecular complexity index is 962. The van der Waals surface area contributed by atoms with Crippen molar-refractivity contribution in [2.75, 3.05) is 13.1 Å². The summed E-state index contributed by atoms with van der Waals surface area (Å²) in [7, 11) is 0. The standard InChI is InChI=1S/C14H19NO2.C8H6ClN.C8H16/c1-11-8-9-15(10-11)13(16)14(2,17)12-6-4-3-5-7-12;1-6-2-3-7(5-10)8(9)4-6;1-2-8-6-4-3-5-7-8/h3-7,11,17H,8-10H2,1-2H3;2-4H,1H3;8H,2-7H2,1H3. The molecule has 1 aliphatic carbocycles. The highest BCUT2D eigenvalue weighted by atomic mass is 35.5. The number of carbonyl (C=O) groups is 1. The molecule has 2 aliphatic rings. The zero-order valence-corrected chi connectivity index (χ0v) is 22.5. The van der Waals surface area contributed by atoms with E-state index >= 15 is 0 Å². The molecule has 1 saturated carbocycles.